The first-order valence-electron chi connectivity index (χ1n) is 6.30. The predicted octanol–water partition coefficient (Wildman–Crippen LogP) is 2.60. The Morgan fingerprint density at radius 1 is 1.37 bits per heavy atom. The van der Waals surface area contributed by atoms with E-state index >= 15 is 0 Å². The second-order valence-electron chi connectivity index (χ2n) is 4.56. The zero-order valence-electron chi connectivity index (χ0n) is 10.4. The first kappa shape index (κ1) is 12.6. The van der Waals surface area contributed by atoms with Crippen LogP contribution >= 0.6 is 22.7 Å². The van der Waals surface area contributed by atoms with Crippen molar-refractivity contribution in [3.8, 4) is 0 Å². The topological polar surface area (TPSA) is 45.2 Å². The van der Waals surface area contributed by atoms with Crippen LogP contribution in [0.2, 0.25) is 0 Å². The Morgan fingerprint density at radius 3 is 2.84 bits per heavy atom. The summed E-state index contributed by atoms with van der Waals surface area (Å²) in [5.74, 6) is 0.0500. The van der Waals surface area contributed by atoms with Crippen LogP contribution in [0, 0.1) is 0 Å². The average Bonchev–Trinajstić information content (AvgIpc) is 3.13. The van der Waals surface area contributed by atoms with Crippen molar-refractivity contribution in [2.45, 2.75) is 18.9 Å². The van der Waals surface area contributed by atoms with Gasteiger partial charge in [0.05, 0.1) is 0 Å². The van der Waals surface area contributed by atoms with Crippen molar-refractivity contribution in [1.29, 1.82) is 0 Å². The molecule has 0 radical (unpaired) electrons. The van der Waals surface area contributed by atoms with E-state index in [4.69, 9.17) is 0 Å². The van der Waals surface area contributed by atoms with Crippen LogP contribution in [-0.2, 0) is 0 Å². The maximum absolute atomic E-state index is 12.0. The van der Waals surface area contributed by atoms with Crippen LogP contribution in [0.5, 0.6) is 0 Å². The molecule has 2 aromatic heterocycles. The van der Waals surface area contributed by atoms with Crippen molar-refractivity contribution < 1.29 is 4.79 Å². The Balaban J connectivity index is 1.52. The van der Waals surface area contributed by atoms with Gasteiger partial charge in [0.2, 0.25) is 0 Å². The summed E-state index contributed by atoms with van der Waals surface area (Å²) in [6, 6.07) is 2.15. The number of carbonyl (C=O) groups excluding carboxylic acids is 1. The lowest BCUT2D eigenvalue weighted by atomic mass is 10.1. The van der Waals surface area contributed by atoms with E-state index in [1.165, 1.54) is 0 Å². The van der Waals surface area contributed by atoms with E-state index in [0.717, 1.165) is 36.6 Å². The van der Waals surface area contributed by atoms with Gasteiger partial charge in [-0.05, 0) is 24.3 Å². The molecule has 19 heavy (non-hydrogen) atoms. The summed E-state index contributed by atoms with van der Waals surface area (Å²) in [7, 11) is 0. The summed E-state index contributed by atoms with van der Waals surface area (Å²) in [6.07, 6.45) is 3.80. The molecule has 4 nitrogen and oxygen atoms in total. The lowest BCUT2D eigenvalue weighted by Crippen LogP contribution is -2.44. The molecule has 1 aliphatic heterocycles. The van der Waals surface area contributed by atoms with Gasteiger partial charge in [-0.15, -0.1) is 11.3 Å². The Morgan fingerprint density at radius 2 is 2.21 bits per heavy atom. The minimum Gasteiger partial charge on any atom is -0.349 e. The predicted molar refractivity (Wildman–Crippen MR) is 79.1 cm³/mol. The lowest BCUT2D eigenvalue weighted by Gasteiger charge is -2.32. The molecule has 1 fully saturated rings. The molecule has 0 aliphatic carbocycles. The van der Waals surface area contributed by atoms with Crippen LogP contribution in [-0.4, -0.2) is 30.0 Å². The van der Waals surface area contributed by atoms with E-state index in [0.29, 0.717) is 0 Å². The molecule has 1 saturated heterocycles. The molecule has 2 aromatic rings. The third kappa shape index (κ3) is 2.96. The van der Waals surface area contributed by atoms with E-state index in [-0.39, 0.29) is 11.9 Å². The molecule has 100 valence electrons. The Hall–Kier alpha value is -1.40. The zero-order chi connectivity index (χ0) is 13.1. The largest absolute Gasteiger partial charge is 0.349 e. The van der Waals surface area contributed by atoms with Gasteiger partial charge < -0.3 is 10.2 Å². The second-order valence-corrected chi connectivity index (χ2v) is 6.21. The second kappa shape index (κ2) is 5.71. The highest BCUT2D eigenvalue weighted by molar-refractivity contribution is 7.13. The van der Waals surface area contributed by atoms with Gasteiger partial charge in [0.25, 0.3) is 5.91 Å². The fourth-order valence-corrected chi connectivity index (χ4v) is 3.58. The highest BCUT2D eigenvalue weighted by Gasteiger charge is 2.22. The number of piperidine rings is 1. The van der Waals surface area contributed by atoms with Crippen LogP contribution in [0.15, 0.2) is 28.4 Å². The third-order valence-corrected chi connectivity index (χ3v) is 4.82. The standard InChI is InChI=1S/C13H15N3OS2/c17-12(10-3-7-18-9-10)15-11-1-5-16(6-2-11)13-14-4-8-19-13/h3-4,7-9,11H,1-2,5-6H2,(H,15,17). The quantitative estimate of drug-likeness (QED) is 0.946. The first-order chi connectivity index (χ1) is 9.33. The number of amides is 1. The molecule has 1 N–H and O–H groups in total. The smallest absolute Gasteiger partial charge is 0.252 e. The normalized spacial score (nSPS) is 16.5. The number of hydrogen-bond acceptors (Lipinski definition) is 5. The summed E-state index contributed by atoms with van der Waals surface area (Å²) in [4.78, 5) is 18.6. The minimum atomic E-state index is 0.0500. The summed E-state index contributed by atoms with van der Waals surface area (Å²) < 4.78 is 0. The van der Waals surface area contributed by atoms with Crippen molar-refractivity contribution in [3.05, 3.63) is 34.0 Å². The molecule has 0 aromatic carbocycles. The highest BCUT2D eigenvalue weighted by Crippen LogP contribution is 2.22. The Kier molecular flexibility index (Phi) is 3.79. The summed E-state index contributed by atoms with van der Waals surface area (Å²) in [5, 5.41) is 10.0. The first-order valence-corrected chi connectivity index (χ1v) is 8.12. The molecule has 0 saturated carbocycles. The molecular formula is C13H15N3OS2. The summed E-state index contributed by atoms with van der Waals surface area (Å²) >= 11 is 3.22. The van der Waals surface area contributed by atoms with Gasteiger partial charge in [-0.2, -0.15) is 11.3 Å². The van der Waals surface area contributed by atoms with Crippen molar-refractivity contribution in [2.75, 3.05) is 18.0 Å². The molecule has 0 unspecified atom stereocenters. The number of carbonyl (C=O) groups is 1. The van der Waals surface area contributed by atoms with Gasteiger partial charge in [0.15, 0.2) is 5.13 Å². The Bertz CT molecular complexity index is 516. The van der Waals surface area contributed by atoms with E-state index in [1.807, 2.05) is 28.4 Å². The van der Waals surface area contributed by atoms with Crippen LogP contribution < -0.4 is 10.2 Å². The van der Waals surface area contributed by atoms with E-state index in [9.17, 15) is 4.79 Å². The summed E-state index contributed by atoms with van der Waals surface area (Å²) in [6.45, 7) is 1.92. The van der Waals surface area contributed by atoms with Gasteiger partial charge in [-0.3, -0.25) is 4.79 Å². The molecule has 0 spiro atoms. The number of thiazole rings is 1. The van der Waals surface area contributed by atoms with E-state index in [2.05, 4.69) is 15.2 Å². The number of hydrogen-bond donors (Lipinski definition) is 1. The van der Waals surface area contributed by atoms with Crippen molar-refractivity contribution in [1.82, 2.24) is 10.3 Å². The number of rotatable bonds is 3. The molecular weight excluding hydrogens is 278 g/mol. The van der Waals surface area contributed by atoms with Crippen LogP contribution in [0.3, 0.4) is 0 Å². The van der Waals surface area contributed by atoms with Gasteiger partial charge in [0.1, 0.15) is 0 Å². The third-order valence-electron chi connectivity index (χ3n) is 3.30. The number of nitrogens with zero attached hydrogens (tertiary/aromatic N) is 2. The number of thiophene rings is 1. The van der Waals surface area contributed by atoms with Gasteiger partial charge >= 0.3 is 0 Å². The van der Waals surface area contributed by atoms with Gasteiger partial charge in [-0.1, -0.05) is 0 Å². The van der Waals surface area contributed by atoms with E-state index < -0.39 is 0 Å². The Labute approximate surface area is 120 Å². The van der Waals surface area contributed by atoms with Gasteiger partial charge in [0, 0.05) is 41.7 Å². The zero-order valence-corrected chi connectivity index (χ0v) is 12.0. The molecule has 3 rings (SSSR count). The number of aromatic nitrogens is 1. The SMILES string of the molecule is O=C(NC1CCN(c2nccs2)CC1)c1ccsc1. The maximum atomic E-state index is 12.0. The molecule has 1 aliphatic rings. The van der Waals surface area contributed by atoms with Crippen LogP contribution in [0.25, 0.3) is 0 Å². The van der Waals surface area contributed by atoms with Gasteiger partial charge in [-0.25, -0.2) is 4.98 Å². The fourth-order valence-electron chi connectivity index (χ4n) is 2.25. The molecule has 6 heteroatoms. The molecule has 1 amide bonds. The van der Waals surface area contributed by atoms with Crippen molar-refractivity contribution in [2.24, 2.45) is 0 Å². The van der Waals surface area contributed by atoms with Crippen LogP contribution in [0.4, 0.5) is 5.13 Å². The number of anilines is 1. The van der Waals surface area contributed by atoms with Crippen LogP contribution in [0.1, 0.15) is 23.2 Å². The lowest BCUT2D eigenvalue weighted by molar-refractivity contribution is 0.0931. The monoisotopic (exact) mass is 293 g/mol. The molecule has 0 atom stereocenters. The minimum absolute atomic E-state index is 0.0500. The molecule has 0 bridgehead atoms. The molecule has 3 heterocycles. The van der Waals surface area contributed by atoms with E-state index in [1.54, 1.807) is 22.7 Å². The average molecular weight is 293 g/mol. The number of nitrogens with one attached hydrogen (secondary N) is 1. The fraction of sp³-hybridized carbons (Fsp3) is 0.385. The maximum Gasteiger partial charge on any atom is 0.252 e. The summed E-state index contributed by atoms with van der Waals surface area (Å²) in [5.41, 5.74) is 0.771. The van der Waals surface area contributed by atoms with Crippen molar-refractivity contribution in [3.63, 3.8) is 0 Å². The van der Waals surface area contributed by atoms with Crippen molar-refractivity contribution >= 4 is 33.7 Å². The highest BCUT2D eigenvalue weighted by atomic mass is 32.1.